The minimum atomic E-state index is -0.750. The van der Waals surface area contributed by atoms with Gasteiger partial charge in [-0.2, -0.15) is 5.10 Å². The molecule has 3 aromatic heterocycles. The predicted molar refractivity (Wildman–Crippen MR) is 204 cm³/mol. The quantitative estimate of drug-likeness (QED) is 0.0906. The van der Waals surface area contributed by atoms with Crippen molar-refractivity contribution in [3.8, 4) is 11.1 Å². The van der Waals surface area contributed by atoms with Crippen molar-refractivity contribution < 1.29 is 24.2 Å². The SMILES string of the molecule is Cc1nn(CCCCCCCC(=O)O)c(C)c1-c1ccc(N2CCc3cccc(C(=O)Nc4nc5ccccc5s4)c3C2)nc1C(=O)OC(C)(C)C. The maximum atomic E-state index is 13.8. The molecule has 0 saturated carbocycles. The lowest BCUT2D eigenvalue weighted by atomic mass is 9.94. The van der Waals surface area contributed by atoms with Gasteiger partial charge in [-0.3, -0.25) is 19.6 Å². The van der Waals surface area contributed by atoms with Gasteiger partial charge in [-0.05, 0) is 95.3 Å². The Morgan fingerprint density at radius 3 is 2.48 bits per heavy atom. The molecule has 4 heterocycles. The third-order valence-electron chi connectivity index (χ3n) is 9.24. The zero-order valence-electron chi connectivity index (χ0n) is 30.5. The number of aryl methyl sites for hydroxylation is 2. The van der Waals surface area contributed by atoms with Gasteiger partial charge >= 0.3 is 11.9 Å². The number of nitrogens with one attached hydrogen (secondary N) is 1. The number of hydrogen-bond acceptors (Lipinski definition) is 9. The van der Waals surface area contributed by atoms with Crippen LogP contribution in [0.25, 0.3) is 21.3 Å². The molecule has 0 atom stereocenters. The lowest BCUT2D eigenvalue weighted by molar-refractivity contribution is -0.137. The first kappa shape index (κ1) is 36.7. The molecule has 52 heavy (non-hydrogen) atoms. The van der Waals surface area contributed by atoms with Crippen molar-refractivity contribution >= 4 is 50.3 Å². The van der Waals surface area contributed by atoms with Crippen LogP contribution in [0.3, 0.4) is 0 Å². The number of pyridine rings is 1. The van der Waals surface area contributed by atoms with E-state index in [-0.39, 0.29) is 18.0 Å². The van der Waals surface area contributed by atoms with Crippen molar-refractivity contribution in [3.63, 3.8) is 0 Å². The van der Waals surface area contributed by atoms with Gasteiger partial charge in [-0.1, -0.05) is 54.9 Å². The van der Waals surface area contributed by atoms with Crippen LogP contribution in [-0.2, 0) is 29.0 Å². The van der Waals surface area contributed by atoms with E-state index in [2.05, 4.69) is 21.3 Å². The summed E-state index contributed by atoms with van der Waals surface area (Å²) in [4.78, 5) is 49.9. The number of aliphatic carboxylic acids is 1. The van der Waals surface area contributed by atoms with Crippen LogP contribution >= 0.6 is 11.3 Å². The highest BCUT2D eigenvalue weighted by Crippen LogP contribution is 2.34. The normalized spacial score (nSPS) is 12.9. The Morgan fingerprint density at radius 1 is 0.942 bits per heavy atom. The van der Waals surface area contributed by atoms with E-state index in [0.717, 1.165) is 70.5 Å². The number of benzene rings is 2. The molecular weight excluding hydrogens is 677 g/mol. The van der Waals surface area contributed by atoms with E-state index in [1.54, 1.807) is 0 Å². The second-order valence-corrected chi connectivity index (χ2v) is 15.3. The van der Waals surface area contributed by atoms with E-state index < -0.39 is 17.5 Å². The Kier molecular flexibility index (Phi) is 11.0. The van der Waals surface area contributed by atoms with Crippen molar-refractivity contribution in [2.75, 3.05) is 16.8 Å². The summed E-state index contributed by atoms with van der Waals surface area (Å²) in [5.74, 6) is -0.843. The number of carboxylic acid groups (broad SMARTS) is 1. The topological polar surface area (TPSA) is 140 Å². The van der Waals surface area contributed by atoms with Crippen LogP contribution in [0.5, 0.6) is 0 Å². The minimum absolute atomic E-state index is 0.211. The van der Waals surface area contributed by atoms with Gasteiger partial charge < -0.3 is 14.7 Å². The summed E-state index contributed by atoms with van der Waals surface area (Å²) in [6.45, 7) is 11.3. The number of nitrogens with zero attached hydrogens (tertiary/aromatic N) is 5. The number of carbonyl (C=O) groups excluding carboxylic acids is 2. The first-order valence-corrected chi connectivity index (χ1v) is 18.7. The molecule has 5 aromatic rings. The Labute approximate surface area is 308 Å². The van der Waals surface area contributed by atoms with Crippen LogP contribution in [0, 0.1) is 13.8 Å². The number of rotatable bonds is 13. The molecular formula is C40H46N6O5S. The summed E-state index contributed by atoms with van der Waals surface area (Å²) in [5, 5.41) is 17.3. The number of esters is 1. The number of amides is 1. The van der Waals surface area contributed by atoms with E-state index in [9.17, 15) is 14.4 Å². The number of unbranched alkanes of at least 4 members (excludes halogenated alkanes) is 4. The Morgan fingerprint density at radius 2 is 1.71 bits per heavy atom. The third-order valence-corrected chi connectivity index (χ3v) is 10.2. The van der Waals surface area contributed by atoms with Crippen LogP contribution in [0.4, 0.5) is 10.9 Å². The molecule has 12 heteroatoms. The monoisotopic (exact) mass is 722 g/mol. The zero-order valence-corrected chi connectivity index (χ0v) is 31.3. The highest BCUT2D eigenvalue weighted by atomic mass is 32.1. The standard InChI is InChI=1S/C40H46N6O5S/c1-25-35(26(2)46(44-25)22-12-8-6-7-9-18-34(47)48)29-19-20-33(42-36(29)38(50)51-40(3,4)5)45-23-21-27-14-13-15-28(30(27)24-45)37(49)43-39-41-31-16-10-11-17-32(31)52-39/h10-11,13-17,19-20H,6-9,12,18,21-24H2,1-5H3,(H,47,48)(H,41,43,49). The van der Waals surface area contributed by atoms with Gasteiger partial charge in [0, 0.05) is 48.4 Å². The second kappa shape index (κ2) is 15.6. The first-order chi connectivity index (χ1) is 24.9. The van der Waals surface area contributed by atoms with Gasteiger partial charge in [0.15, 0.2) is 10.8 Å². The molecule has 272 valence electrons. The molecule has 1 aliphatic heterocycles. The van der Waals surface area contributed by atoms with Crippen molar-refractivity contribution in [1.29, 1.82) is 0 Å². The zero-order chi connectivity index (χ0) is 37.0. The lowest BCUT2D eigenvalue weighted by Gasteiger charge is -2.31. The summed E-state index contributed by atoms with van der Waals surface area (Å²) >= 11 is 1.44. The molecule has 0 unspecified atom stereocenters. The predicted octanol–water partition coefficient (Wildman–Crippen LogP) is 8.37. The van der Waals surface area contributed by atoms with E-state index in [0.29, 0.717) is 48.0 Å². The molecule has 0 aliphatic carbocycles. The maximum Gasteiger partial charge on any atom is 0.358 e. The van der Waals surface area contributed by atoms with E-state index >= 15 is 0 Å². The molecule has 6 rings (SSSR count). The van der Waals surface area contributed by atoms with Gasteiger partial charge in [0.05, 0.1) is 15.9 Å². The largest absolute Gasteiger partial charge is 0.481 e. The summed E-state index contributed by atoms with van der Waals surface area (Å²) in [6.07, 6.45) is 5.40. The van der Waals surface area contributed by atoms with E-state index in [1.165, 1.54) is 11.3 Å². The number of thiazole rings is 1. The van der Waals surface area contributed by atoms with Gasteiger partial charge in [0.25, 0.3) is 5.91 Å². The molecule has 1 aliphatic rings. The molecule has 11 nitrogen and oxygen atoms in total. The van der Waals surface area contributed by atoms with Gasteiger partial charge in [0.1, 0.15) is 11.4 Å². The van der Waals surface area contributed by atoms with Crippen LogP contribution < -0.4 is 10.2 Å². The second-order valence-electron chi connectivity index (χ2n) is 14.3. The lowest BCUT2D eigenvalue weighted by Crippen LogP contribution is -2.33. The van der Waals surface area contributed by atoms with Crippen molar-refractivity contribution in [2.45, 2.75) is 98.3 Å². The molecule has 2 aromatic carbocycles. The Balaban J connectivity index is 1.24. The number of para-hydroxylation sites is 1. The van der Waals surface area contributed by atoms with Crippen LogP contribution in [0.1, 0.15) is 103 Å². The number of carbonyl (C=O) groups is 3. The molecule has 1 amide bonds. The van der Waals surface area contributed by atoms with Gasteiger partial charge in [-0.15, -0.1) is 0 Å². The van der Waals surface area contributed by atoms with Crippen molar-refractivity contribution in [3.05, 3.63) is 88.4 Å². The van der Waals surface area contributed by atoms with Crippen LogP contribution in [0.15, 0.2) is 54.6 Å². The van der Waals surface area contributed by atoms with E-state index in [1.807, 2.05) is 87.8 Å². The maximum absolute atomic E-state index is 13.8. The molecule has 0 bridgehead atoms. The Bertz CT molecular complexity index is 2080. The average molecular weight is 723 g/mol. The minimum Gasteiger partial charge on any atom is -0.481 e. The molecule has 0 spiro atoms. The number of ether oxygens (including phenoxy) is 1. The number of fused-ring (bicyclic) bond motifs is 2. The highest BCUT2D eigenvalue weighted by Gasteiger charge is 2.29. The first-order valence-electron chi connectivity index (χ1n) is 17.9. The Hall–Kier alpha value is -5.10. The fourth-order valence-electron chi connectivity index (χ4n) is 6.76. The number of aromatic nitrogens is 4. The van der Waals surface area contributed by atoms with Crippen molar-refractivity contribution in [1.82, 2.24) is 19.7 Å². The van der Waals surface area contributed by atoms with E-state index in [4.69, 9.17) is 19.9 Å². The van der Waals surface area contributed by atoms with Crippen LogP contribution in [-0.4, -0.2) is 54.8 Å². The average Bonchev–Trinajstić information content (AvgIpc) is 3.64. The van der Waals surface area contributed by atoms with Crippen molar-refractivity contribution in [2.24, 2.45) is 0 Å². The number of hydrogen-bond donors (Lipinski definition) is 2. The van der Waals surface area contributed by atoms with Gasteiger partial charge in [-0.25, -0.2) is 14.8 Å². The van der Waals surface area contributed by atoms with Gasteiger partial charge in [0.2, 0.25) is 0 Å². The van der Waals surface area contributed by atoms with Crippen LogP contribution in [0.2, 0.25) is 0 Å². The molecule has 0 saturated heterocycles. The number of anilines is 2. The fraction of sp³-hybridized carbons (Fsp3) is 0.400. The fourth-order valence-corrected chi connectivity index (χ4v) is 7.62. The summed E-state index contributed by atoms with van der Waals surface area (Å²) < 4.78 is 8.88. The molecule has 0 fully saturated rings. The smallest absolute Gasteiger partial charge is 0.358 e. The summed E-state index contributed by atoms with van der Waals surface area (Å²) in [7, 11) is 0. The number of carboxylic acids is 1. The molecule has 2 N–H and O–H groups in total. The summed E-state index contributed by atoms with van der Waals surface area (Å²) in [6, 6.07) is 17.5. The summed E-state index contributed by atoms with van der Waals surface area (Å²) in [5.41, 5.74) is 6.24. The highest BCUT2D eigenvalue weighted by molar-refractivity contribution is 7.22. The third kappa shape index (κ3) is 8.50. The molecule has 0 radical (unpaired) electrons.